The van der Waals surface area contributed by atoms with E-state index in [1.165, 1.54) is 51.4 Å². The average Bonchev–Trinajstić information content (AvgIpc) is 3.09. The minimum Gasteiger partial charge on any atom is -0.462 e. The van der Waals surface area contributed by atoms with Crippen LogP contribution < -0.4 is 0 Å². The van der Waals surface area contributed by atoms with Crippen LogP contribution in [0.4, 0.5) is 0 Å². The molecule has 158 valence electrons. The first kappa shape index (κ1) is 24.1. The number of nitrogens with zero attached hydrogens (tertiary/aromatic N) is 2. The van der Waals surface area contributed by atoms with Gasteiger partial charge in [0.25, 0.3) is 0 Å². The van der Waals surface area contributed by atoms with Gasteiger partial charge in [0.1, 0.15) is 0 Å². The van der Waals surface area contributed by atoms with Crippen molar-refractivity contribution in [3.63, 3.8) is 0 Å². The van der Waals surface area contributed by atoms with Crippen molar-refractivity contribution in [2.45, 2.75) is 84.0 Å². The number of esters is 1. The zero-order chi connectivity index (χ0) is 20.5. The van der Waals surface area contributed by atoms with Gasteiger partial charge < -0.3 is 9.64 Å². The molecule has 0 bridgehead atoms. The van der Waals surface area contributed by atoms with Crippen molar-refractivity contribution in [2.75, 3.05) is 20.2 Å². The molecule has 2 heterocycles. The van der Waals surface area contributed by atoms with Gasteiger partial charge in [0.15, 0.2) is 0 Å². The molecule has 0 aromatic carbocycles. The maximum Gasteiger partial charge on any atom is 0.339 e. The van der Waals surface area contributed by atoms with Crippen molar-refractivity contribution in [1.29, 1.82) is 0 Å². The van der Waals surface area contributed by atoms with Crippen LogP contribution in [0.5, 0.6) is 0 Å². The molecule has 2 rings (SSSR count). The maximum absolute atomic E-state index is 11.6. The van der Waals surface area contributed by atoms with E-state index in [4.69, 9.17) is 4.74 Å². The monoisotopic (exact) mass is 390 g/mol. The minimum absolute atomic E-state index is 0.265. The molecule has 1 fully saturated rings. The largest absolute Gasteiger partial charge is 0.462 e. The van der Waals surface area contributed by atoms with Gasteiger partial charge in [0.05, 0.1) is 12.2 Å². The number of unbranched alkanes of at least 4 members (excludes halogenated alkanes) is 9. The highest BCUT2D eigenvalue weighted by molar-refractivity contribution is 5.88. The number of rotatable bonds is 12. The number of pyridine rings is 1. The summed E-state index contributed by atoms with van der Waals surface area (Å²) in [5, 5.41) is 0. The van der Waals surface area contributed by atoms with Crippen molar-refractivity contribution in [1.82, 2.24) is 9.88 Å². The van der Waals surface area contributed by atoms with Gasteiger partial charge in [-0.3, -0.25) is 9.78 Å². The molecule has 5 nitrogen and oxygen atoms in total. The summed E-state index contributed by atoms with van der Waals surface area (Å²) < 4.78 is 5.22. The second-order valence-electron chi connectivity index (χ2n) is 7.48. The van der Waals surface area contributed by atoms with Crippen LogP contribution in [0.15, 0.2) is 24.5 Å². The summed E-state index contributed by atoms with van der Waals surface area (Å²) in [6, 6.07) is 3.48. The standard InChI is InChI=1S/C18H29NO2.C5H9NO/c1-2-3-4-5-6-7-8-9-10-11-15-21-18(20)17-13-12-14-19-16-17;1-6-4-2-3-5(6)7/h12-14,16H,2-11,15H2,1H3;2-4H2,1H3. The van der Waals surface area contributed by atoms with E-state index >= 15 is 0 Å². The molecule has 1 aliphatic rings. The van der Waals surface area contributed by atoms with E-state index in [1.807, 2.05) is 7.05 Å². The number of likely N-dealkylation sites (tertiary alicyclic amines) is 1. The Morgan fingerprint density at radius 2 is 1.71 bits per heavy atom. The van der Waals surface area contributed by atoms with Crippen LogP contribution in [-0.4, -0.2) is 42.0 Å². The van der Waals surface area contributed by atoms with Crippen molar-refractivity contribution in [2.24, 2.45) is 0 Å². The van der Waals surface area contributed by atoms with Gasteiger partial charge in [-0.2, -0.15) is 0 Å². The molecule has 1 saturated heterocycles. The Morgan fingerprint density at radius 3 is 2.18 bits per heavy atom. The Hall–Kier alpha value is -1.91. The summed E-state index contributed by atoms with van der Waals surface area (Å²) in [7, 11) is 1.84. The summed E-state index contributed by atoms with van der Waals surface area (Å²) in [4.78, 5) is 27.8. The number of carbonyl (C=O) groups is 2. The Kier molecular flexibility index (Phi) is 13.9. The molecule has 0 unspecified atom stereocenters. The molecule has 0 atom stereocenters. The summed E-state index contributed by atoms with van der Waals surface area (Å²) in [6.07, 6.45) is 17.9. The smallest absolute Gasteiger partial charge is 0.339 e. The number of amides is 1. The molecule has 0 saturated carbocycles. The first-order valence-electron chi connectivity index (χ1n) is 11.0. The summed E-state index contributed by atoms with van der Waals surface area (Å²) in [6.45, 7) is 3.73. The number of ether oxygens (including phenoxy) is 1. The molecule has 0 radical (unpaired) electrons. The lowest BCUT2D eigenvalue weighted by molar-refractivity contribution is -0.126. The molecule has 0 aliphatic carbocycles. The maximum atomic E-state index is 11.6. The molecule has 1 amide bonds. The highest BCUT2D eigenvalue weighted by Gasteiger charge is 2.14. The van der Waals surface area contributed by atoms with Gasteiger partial charge in [-0.05, 0) is 25.0 Å². The Morgan fingerprint density at radius 1 is 1.07 bits per heavy atom. The highest BCUT2D eigenvalue weighted by atomic mass is 16.5. The molecule has 1 aromatic heterocycles. The molecule has 1 aromatic rings. The SMILES string of the molecule is CCCCCCCCCCCCOC(=O)c1cccnc1.CN1CCCC1=O. The predicted octanol–water partition coefficient (Wildman–Crippen LogP) is 5.40. The van der Waals surface area contributed by atoms with Crippen molar-refractivity contribution in [3.05, 3.63) is 30.1 Å². The van der Waals surface area contributed by atoms with E-state index in [0.717, 1.165) is 32.2 Å². The quantitative estimate of drug-likeness (QED) is 0.354. The van der Waals surface area contributed by atoms with Crippen LogP contribution in [0.3, 0.4) is 0 Å². The van der Waals surface area contributed by atoms with Crippen LogP contribution in [0.25, 0.3) is 0 Å². The third-order valence-corrected chi connectivity index (χ3v) is 4.94. The van der Waals surface area contributed by atoms with Crippen molar-refractivity contribution < 1.29 is 14.3 Å². The number of carbonyl (C=O) groups excluding carboxylic acids is 2. The van der Waals surface area contributed by atoms with Gasteiger partial charge in [0.2, 0.25) is 5.91 Å². The van der Waals surface area contributed by atoms with E-state index in [-0.39, 0.29) is 5.97 Å². The summed E-state index contributed by atoms with van der Waals surface area (Å²) >= 11 is 0. The second-order valence-corrected chi connectivity index (χ2v) is 7.48. The number of aromatic nitrogens is 1. The third kappa shape index (κ3) is 11.7. The number of hydrogen-bond acceptors (Lipinski definition) is 4. The third-order valence-electron chi connectivity index (χ3n) is 4.94. The Balaban J connectivity index is 0.000000467. The first-order chi connectivity index (χ1) is 13.6. The fourth-order valence-electron chi connectivity index (χ4n) is 3.10. The molecule has 1 aliphatic heterocycles. The van der Waals surface area contributed by atoms with E-state index in [2.05, 4.69) is 11.9 Å². The minimum atomic E-state index is -0.265. The summed E-state index contributed by atoms with van der Waals surface area (Å²) in [5.74, 6) is 0.0269. The van der Waals surface area contributed by atoms with Gasteiger partial charge >= 0.3 is 5.97 Å². The van der Waals surface area contributed by atoms with Crippen LogP contribution in [-0.2, 0) is 9.53 Å². The molecule has 0 spiro atoms. The zero-order valence-corrected chi connectivity index (χ0v) is 17.8. The van der Waals surface area contributed by atoms with Gasteiger partial charge in [-0.15, -0.1) is 0 Å². The lowest BCUT2D eigenvalue weighted by Crippen LogP contribution is -2.17. The lowest BCUT2D eigenvalue weighted by atomic mass is 10.1. The Labute approximate surface area is 170 Å². The van der Waals surface area contributed by atoms with Crippen molar-refractivity contribution in [3.8, 4) is 0 Å². The molecule has 28 heavy (non-hydrogen) atoms. The van der Waals surface area contributed by atoms with Crippen molar-refractivity contribution >= 4 is 11.9 Å². The summed E-state index contributed by atoms with van der Waals surface area (Å²) in [5.41, 5.74) is 0.532. The van der Waals surface area contributed by atoms with Crippen LogP contribution in [0, 0.1) is 0 Å². The first-order valence-corrected chi connectivity index (χ1v) is 11.0. The highest BCUT2D eigenvalue weighted by Crippen LogP contribution is 2.10. The predicted molar refractivity (Wildman–Crippen MR) is 113 cm³/mol. The van der Waals surface area contributed by atoms with E-state index in [9.17, 15) is 9.59 Å². The fourth-order valence-corrected chi connectivity index (χ4v) is 3.10. The Bertz CT molecular complexity index is 534. The van der Waals surface area contributed by atoms with Gasteiger partial charge in [0, 0.05) is 32.4 Å². The van der Waals surface area contributed by atoms with E-state index < -0.39 is 0 Å². The lowest BCUT2D eigenvalue weighted by Gasteiger charge is -2.05. The van der Waals surface area contributed by atoms with Crippen LogP contribution >= 0.6 is 0 Å². The van der Waals surface area contributed by atoms with E-state index in [0.29, 0.717) is 18.1 Å². The van der Waals surface area contributed by atoms with Crippen LogP contribution in [0.1, 0.15) is 94.3 Å². The molecule has 0 N–H and O–H groups in total. The number of hydrogen-bond donors (Lipinski definition) is 0. The molecular weight excluding hydrogens is 352 g/mol. The topological polar surface area (TPSA) is 59.5 Å². The normalized spacial score (nSPS) is 13.2. The zero-order valence-electron chi connectivity index (χ0n) is 17.8. The molecular formula is C23H38N2O3. The second kappa shape index (κ2) is 16.1. The fraction of sp³-hybridized carbons (Fsp3) is 0.696. The van der Waals surface area contributed by atoms with Gasteiger partial charge in [-0.1, -0.05) is 64.7 Å². The van der Waals surface area contributed by atoms with E-state index in [1.54, 1.807) is 29.4 Å². The molecule has 5 heteroatoms. The van der Waals surface area contributed by atoms with Crippen LogP contribution in [0.2, 0.25) is 0 Å². The van der Waals surface area contributed by atoms with Gasteiger partial charge in [-0.25, -0.2) is 4.79 Å². The average molecular weight is 391 g/mol.